The van der Waals surface area contributed by atoms with Crippen LogP contribution in [-0.2, 0) is 19.0 Å². The van der Waals surface area contributed by atoms with Gasteiger partial charge in [-0.25, -0.2) is 0 Å². The first-order valence-electron chi connectivity index (χ1n) is 7.15. The second kappa shape index (κ2) is 9.28. The summed E-state index contributed by atoms with van der Waals surface area (Å²) in [6.45, 7) is 5.20. The van der Waals surface area contributed by atoms with Crippen LogP contribution in [0.5, 0.6) is 0 Å². The SMILES string of the molecule is CCOC(=O)C1CCCN(CCCC(OC)OC)C1. The number of hydrogen-bond donors (Lipinski definition) is 0. The lowest BCUT2D eigenvalue weighted by Gasteiger charge is -2.31. The van der Waals surface area contributed by atoms with Gasteiger partial charge in [-0.05, 0) is 45.7 Å². The van der Waals surface area contributed by atoms with E-state index < -0.39 is 0 Å². The van der Waals surface area contributed by atoms with Gasteiger partial charge < -0.3 is 19.1 Å². The summed E-state index contributed by atoms with van der Waals surface area (Å²) in [6.07, 6.45) is 3.80. The number of likely N-dealkylation sites (tertiary alicyclic amines) is 1. The van der Waals surface area contributed by atoms with Gasteiger partial charge in [0.1, 0.15) is 0 Å². The molecular formula is C14H27NO4. The standard InChI is InChI=1S/C14H27NO4/c1-4-19-14(16)12-7-5-9-15(11-12)10-6-8-13(17-2)18-3/h12-13H,4-11H2,1-3H3. The number of carbonyl (C=O) groups excluding carboxylic acids is 1. The lowest BCUT2D eigenvalue weighted by atomic mass is 9.98. The Kier molecular flexibility index (Phi) is 8.02. The van der Waals surface area contributed by atoms with Crippen molar-refractivity contribution in [1.82, 2.24) is 4.90 Å². The molecule has 1 atom stereocenters. The third-order valence-corrected chi connectivity index (χ3v) is 3.57. The fraction of sp³-hybridized carbons (Fsp3) is 0.929. The Morgan fingerprint density at radius 2 is 2.11 bits per heavy atom. The zero-order chi connectivity index (χ0) is 14.1. The van der Waals surface area contributed by atoms with Crippen LogP contribution < -0.4 is 0 Å². The molecule has 0 bridgehead atoms. The van der Waals surface area contributed by atoms with Crippen molar-refractivity contribution in [2.24, 2.45) is 5.92 Å². The molecule has 0 N–H and O–H groups in total. The number of nitrogens with zero attached hydrogens (tertiary/aromatic N) is 1. The molecule has 1 rings (SSSR count). The van der Waals surface area contributed by atoms with E-state index in [1.807, 2.05) is 6.92 Å². The molecule has 0 saturated carbocycles. The van der Waals surface area contributed by atoms with Crippen LogP contribution in [0.3, 0.4) is 0 Å². The molecule has 1 aliphatic rings. The lowest BCUT2D eigenvalue weighted by molar-refractivity contribution is -0.150. The molecule has 0 amide bonds. The third kappa shape index (κ3) is 5.89. The molecule has 112 valence electrons. The highest BCUT2D eigenvalue weighted by Crippen LogP contribution is 2.18. The fourth-order valence-electron chi connectivity index (χ4n) is 2.52. The van der Waals surface area contributed by atoms with Gasteiger partial charge in [0.05, 0.1) is 12.5 Å². The number of hydrogen-bond acceptors (Lipinski definition) is 5. The van der Waals surface area contributed by atoms with Crippen LogP contribution in [0, 0.1) is 5.92 Å². The van der Waals surface area contributed by atoms with E-state index in [0.717, 1.165) is 45.3 Å². The smallest absolute Gasteiger partial charge is 0.310 e. The van der Waals surface area contributed by atoms with Gasteiger partial charge in [0.2, 0.25) is 0 Å². The molecule has 19 heavy (non-hydrogen) atoms. The van der Waals surface area contributed by atoms with Crippen LogP contribution in [0.15, 0.2) is 0 Å². The Hall–Kier alpha value is -0.650. The summed E-state index contributed by atoms with van der Waals surface area (Å²) in [6, 6.07) is 0. The summed E-state index contributed by atoms with van der Waals surface area (Å²) in [7, 11) is 3.32. The van der Waals surface area contributed by atoms with Gasteiger partial charge in [-0.3, -0.25) is 4.79 Å². The molecule has 0 aliphatic carbocycles. The second-order valence-electron chi connectivity index (χ2n) is 4.93. The maximum absolute atomic E-state index is 11.7. The van der Waals surface area contributed by atoms with Crippen LogP contribution >= 0.6 is 0 Å². The first-order valence-corrected chi connectivity index (χ1v) is 7.15. The first-order chi connectivity index (χ1) is 9.21. The van der Waals surface area contributed by atoms with Crippen molar-refractivity contribution in [3.8, 4) is 0 Å². The predicted octanol–water partition coefficient (Wildman–Crippen LogP) is 1.66. The van der Waals surface area contributed by atoms with Gasteiger partial charge in [0.15, 0.2) is 6.29 Å². The number of esters is 1. The maximum Gasteiger partial charge on any atom is 0.310 e. The van der Waals surface area contributed by atoms with E-state index in [0.29, 0.717) is 6.61 Å². The molecule has 1 unspecified atom stereocenters. The van der Waals surface area contributed by atoms with Crippen molar-refractivity contribution in [2.75, 3.05) is 40.5 Å². The van der Waals surface area contributed by atoms with Gasteiger partial charge in [-0.2, -0.15) is 0 Å². The first kappa shape index (κ1) is 16.4. The number of carbonyl (C=O) groups is 1. The van der Waals surface area contributed by atoms with Crippen LogP contribution in [0.4, 0.5) is 0 Å². The Morgan fingerprint density at radius 1 is 1.37 bits per heavy atom. The van der Waals surface area contributed by atoms with E-state index in [2.05, 4.69) is 4.90 Å². The maximum atomic E-state index is 11.7. The van der Waals surface area contributed by atoms with Crippen LogP contribution in [0.1, 0.15) is 32.6 Å². The minimum absolute atomic E-state index is 0.0427. The third-order valence-electron chi connectivity index (χ3n) is 3.57. The van der Waals surface area contributed by atoms with Crippen molar-refractivity contribution in [3.05, 3.63) is 0 Å². The quantitative estimate of drug-likeness (QED) is 0.497. The van der Waals surface area contributed by atoms with Gasteiger partial charge in [0.25, 0.3) is 0 Å². The Bertz CT molecular complexity index is 256. The van der Waals surface area contributed by atoms with E-state index in [1.54, 1.807) is 14.2 Å². The number of ether oxygens (including phenoxy) is 3. The number of piperidine rings is 1. The van der Waals surface area contributed by atoms with E-state index in [-0.39, 0.29) is 18.2 Å². The van der Waals surface area contributed by atoms with Crippen LogP contribution in [0.2, 0.25) is 0 Å². The van der Waals surface area contributed by atoms with Gasteiger partial charge >= 0.3 is 5.97 Å². The normalized spacial score (nSPS) is 20.7. The molecule has 1 fully saturated rings. The summed E-state index contributed by atoms with van der Waals surface area (Å²) in [5, 5.41) is 0. The number of methoxy groups -OCH3 is 2. The molecule has 0 radical (unpaired) electrons. The molecule has 1 saturated heterocycles. The highest BCUT2D eigenvalue weighted by Gasteiger charge is 2.26. The molecule has 5 nitrogen and oxygen atoms in total. The van der Waals surface area contributed by atoms with E-state index in [9.17, 15) is 4.79 Å². The van der Waals surface area contributed by atoms with E-state index in [4.69, 9.17) is 14.2 Å². The molecule has 1 aliphatic heterocycles. The minimum atomic E-state index is -0.120. The monoisotopic (exact) mass is 273 g/mol. The predicted molar refractivity (Wildman–Crippen MR) is 72.8 cm³/mol. The number of rotatable bonds is 8. The summed E-state index contributed by atoms with van der Waals surface area (Å²) in [5.74, 6) is 0.00760. The highest BCUT2D eigenvalue weighted by atomic mass is 16.7. The van der Waals surface area contributed by atoms with Crippen molar-refractivity contribution in [2.45, 2.75) is 38.9 Å². The average Bonchev–Trinajstić information content (AvgIpc) is 2.44. The molecule has 0 aromatic carbocycles. The second-order valence-corrected chi connectivity index (χ2v) is 4.93. The summed E-state index contributed by atoms with van der Waals surface area (Å²) in [4.78, 5) is 14.1. The Morgan fingerprint density at radius 3 is 2.74 bits per heavy atom. The van der Waals surface area contributed by atoms with Gasteiger partial charge in [0, 0.05) is 20.8 Å². The van der Waals surface area contributed by atoms with Crippen LogP contribution in [-0.4, -0.2) is 57.6 Å². The molecular weight excluding hydrogens is 246 g/mol. The van der Waals surface area contributed by atoms with Gasteiger partial charge in [-0.1, -0.05) is 0 Å². The molecule has 0 aromatic heterocycles. The largest absolute Gasteiger partial charge is 0.466 e. The van der Waals surface area contributed by atoms with Gasteiger partial charge in [-0.15, -0.1) is 0 Å². The zero-order valence-corrected chi connectivity index (χ0v) is 12.4. The molecule has 5 heteroatoms. The molecule has 1 heterocycles. The van der Waals surface area contributed by atoms with Crippen molar-refractivity contribution in [3.63, 3.8) is 0 Å². The Balaban J connectivity index is 2.25. The molecule has 0 aromatic rings. The van der Waals surface area contributed by atoms with E-state index >= 15 is 0 Å². The lowest BCUT2D eigenvalue weighted by Crippen LogP contribution is -2.40. The summed E-state index contributed by atoms with van der Waals surface area (Å²) < 4.78 is 15.4. The van der Waals surface area contributed by atoms with E-state index in [1.165, 1.54) is 0 Å². The zero-order valence-electron chi connectivity index (χ0n) is 12.4. The van der Waals surface area contributed by atoms with Crippen LogP contribution in [0.25, 0.3) is 0 Å². The fourth-order valence-corrected chi connectivity index (χ4v) is 2.52. The topological polar surface area (TPSA) is 48.0 Å². The minimum Gasteiger partial charge on any atom is -0.466 e. The Labute approximate surface area is 116 Å². The summed E-state index contributed by atoms with van der Waals surface area (Å²) in [5.41, 5.74) is 0. The highest BCUT2D eigenvalue weighted by molar-refractivity contribution is 5.72. The van der Waals surface area contributed by atoms with Crippen molar-refractivity contribution >= 4 is 5.97 Å². The molecule has 0 spiro atoms. The van der Waals surface area contributed by atoms with Crippen molar-refractivity contribution < 1.29 is 19.0 Å². The van der Waals surface area contributed by atoms with Crippen molar-refractivity contribution in [1.29, 1.82) is 0 Å². The average molecular weight is 273 g/mol. The summed E-state index contributed by atoms with van der Waals surface area (Å²) >= 11 is 0.